The van der Waals surface area contributed by atoms with E-state index in [9.17, 15) is 0 Å². The third-order valence-electron chi connectivity index (χ3n) is 3.26. The van der Waals surface area contributed by atoms with Gasteiger partial charge in [-0.3, -0.25) is 0 Å². The van der Waals surface area contributed by atoms with Crippen molar-refractivity contribution in [3.8, 4) is 6.07 Å². The molecule has 2 rings (SSSR count). The summed E-state index contributed by atoms with van der Waals surface area (Å²) in [6, 6.07) is 8.21. The van der Waals surface area contributed by atoms with Gasteiger partial charge in [-0.25, -0.2) is 4.98 Å². The van der Waals surface area contributed by atoms with Crippen molar-refractivity contribution in [1.82, 2.24) is 9.55 Å². The van der Waals surface area contributed by atoms with Crippen LogP contribution in [0.5, 0.6) is 0 Å². The second-order valence-electron chi connectivity index (χ2n) is 5.05. The molecule has 4 nitrogen and oxygen atoms in total. The van der Waals surface area contributed by atoms with Crippen molar-refractivity contribution in [2.75, 3.05) is 6.54 Å². The number of nitrogens with zero attached hydrogens (tertiary/aromatic N) is 3. The van der Waals surface area contributed by atoms with Crippen LogP contribution in [0.2, 0.25) is 0 Å². The average molecular weight is 256 g/mol. The zero-order valence-electron chi connectivity index (χ0n) is 11.6. The number of fused-ring (bicyclic) bond motifs is 1. The van der Waals surface area contributed by atoms with Crippen LogP contribution in [-0.4, -0.2) is 16.1 Å². The van der Waals surface area contributed by atoms with Gasteiger partial charge in [0.2, 0.25) is 0 Å². The number of aromatic nitrogens is 2. The van der Waals surface area contributed by atoms with Crippen LogP contribution >= 0.6 is 0 Å². The molecular weight excluding hydrogens is 236 g/mol. The van der Waals surface area contributed by atoms with Crippen molar-refractivity contribution in [2.24, 2.45) is 5.73 Å². The Bertz CT molecular complexity index is 604. The van der Waals surface area contributed by atoms with Crippen molar-refractivity contribution in [2.45, 2.75) is 39.2 Å². The Hall–Kier alpha value is -1.86. The molecule has 1 aromatic carbocycles. The molecule has 0 amide bonds. The molecule has 100 valence electrons. The molecule has 1 heterocycles. The standard InChI is InChI=1S/C15H20N4/c1-11(2)19-14-9-12(10-17)6-7-13(14)18-15(19)5-3-4-8-16/h6-7,9,11H,3-5,8,16H2,1-2H3. The lowest BCUT2D eigenvalue weighted by Gasteiger charge is -2.13. The van der Waals surface area contributed by atoms with Gasteiger partial charge in [0, 0.05) is 12.5 Å². The van der Waals surface area contributed by atoms with E-state index in [1.807, 2.05) is 18.2 Å². The Labute approximate surface area is 113 Å². The van der Waals surface area contributed by atoms with Crippen LogP contribution in [0.1, 0.15) is 44.1 Å². The second-order valence-corrected chi connectivity index (χ2v) is 5.05. The van der Waals surface area contributed by atoms with E-state index in [0.29, 0.717) is 11.6 Å². The SMILES string of the molecule is CC(C)n1c(CCCCN)nc2ccc(C#N)cc21. The van der Waals surface area contributed by atoms with E-state index in [1.54, 1.807) is 0 Å². The minimum atomic E-state index is 0.340. The maximum Gasteiger partial charge on any atom is 0.110 e. The minimum Gasteiger partial charge on any atom is -0.330 e. The predicted octanol–water partition coefficient (Wildman–Crippen LogP) is 2.77. The van der Waals surface area contributed by atoms with Gasteiger partial charge < -0.3 is 10.3 Å². The molecule has 0 saturated carbocycles. The highest BCUT2D eigenvalue weighted by atomic mass is 15.1. The smallest absolute Gasteiger partial charge is 0.110 e. The lowest BCUT2D eigenvalue weighted by Crippen LogP contribution is -2.07. The summed E-state index contributed by atoms with van der Waals surface area (Å²) in [6.07, 6.45) is 3.01. The first-order valence-corrected chi connectivity index (χ1v) is 6.78. The highest BCUT2D eigenvalue weighted by molar-refractivity contribution is 5.78. The number of benzene rings is 1. The van der Waals surface area contributed by atoms with Crippen molar-refractivity contribution in [3.63, 3.8) is 0 Å². The van der Waals surface area contributed by atoms with Gasteiger partial charge >= 0.3 is 0 Å². The number of hydrogen-bond acceptors (Lipinski definition) is 3. The van der Waals surface area contributed by atoms with Crippen LogP contribution in [0.4, 0.5) is 0 Å². The van der Waals surface area contributed by atoms with Gasteiger partial charge in [-0.05, 0) is 51.4 Å². The Morgan fingerprint density at radius 2 is 2.16 bits per heavy atom. The van der Waals surface area contributed by atoms with Crippen LogP contribution in [-0.2, 0) is 6.42 Å². The second kappa shape index (κ2) is 5.85. The van der Waals surface area contributed by atoms with Crippen molar-refractivity contribution in [1.29, 1.82) is 5.26 Å². The van der Waals surface area contributed by atoms with Gasteiger partial charge in [-0.2, -0.15) is 5.26 Å². The molecule has 2 aromatic rings. The minimum absolute atomic E-state index is 0.340. The Morgan fingerprint density at radius 1 is 1.37 bits per heavy atom. The fraction of sp³-hybridized carbons (Fsp3) is 0.467. The molecule has 0 unspecified atom stereocenters. The van der Waals surface area contributed by atoms with E-state index < -0.39 is 0 Å². The van der Waals surface area contributed by atoms with Crippen LogP contribution in [0, 0.1) is 11.3 Å². The number of nitriles is 1. The zero-order chi connectivity index (χ0) is 13.8. The third kappa shape index (κ3) is 2.77. The van der Waals surface area contributed by atoms with Gasteiger partial charge in [0.1, 0.15) is 5.82 Å². The Morgan fingerprint density at radius 3 is 2.79 bits per heavy atom. The van der Waals surface area contributed by atoms with E-state index in [-0.39, 0.29) is 0 Å². The van der Waals surface area contributed by atoms with Crippen molar-refractivity contribution < 1.29 is 0 Å². The molecule has 0 radical (unpaired) electrons. The molecule has 0 saturated heterocycles. The largest absolute Gasteiger partial charge is 0.330 e. The van der Waals surface area contributed by atoms with Gasteiger partial charge in [-0.15, -0.1) is 0 Å². The van der Waals surface area contributed by atoms with Gasteiger partial charge in [-0.1, -0.05) is 0 Å². The summed E-state index contributed by atoms with van der Waals surface area (Å²) >= 11 is 0. The third-order valence-corrected chi connectivity index (χ3v) is 3.26. The summed E-state index contributed by atoms with van der Waals surface area (Å²) in [6.45, 7) is 5.01. The number of unbranched alkanes of at least 4 members (excludes halogenated alkanes) is 1. The lowest BCUT2D eigenvalue weighted by molar-refractivity contribution is 0.571. The maximum atomic E-state index is 9.01. The van der Waals surface area contributed by atoms with E-state index in [1.165, 1.54) is 0 Å². The predicted molar refractivity (Wildman–Crippen MR) is 76.8 cm³/mol. The molecular formula is C15H20N4. The van der Waals surface area contributed by atoms with Crippen molar-refractivity contribution >= 4 is 11.0 Å². The Kier molecular flexibility index (Phi) is 4.18. The zero-order valence-corrected chi connectivity index (χ0v) is 11.6. The summed E-state index contributed by atoms with van der Waals surface area (Å²) in [7, 11) is 0. The summed E-state index contributed by atoms with van der Waals surface area (Å²) in [5.74, 6) is 1.09. The molecule has 2 N–H and O–H groups in total. The van der Waals surface area contributed by atoms with Crippen LogP contribution < -0.4 is 5.73 Å². The monoisotopic (exact) mass is 256 g/mol. The number of hydrogen-bond donors (Lipinski definition) is 1. The highest BCUT2D eigenvalue weighted by Crippen LogP contribution is 2.23. The maximum absolute atomic E-state index is 9.01. The topological polar surface area (TPSA) is 67.6 Å². The summed E-state index contributed by atoms with van der Waals surface area (Å²) in [4.78, 5) is 4.69. The number of rotatable bonds is 5. The van der Waals surface area contributed by atoms with Gasteiger partial charge in [0.25, 0.3) is 0 Å². The molecule has 0 aliphatic heterocycles. The Balaban J connectivity index is 2.46. The summed E-state index contributed by atoms with van der Waals surface area (Å²) in [5, 5.41) is 9.01. The first kappa shape index (κ1) is 13.6. The van der Waals surface area contributed by atoms with E-state index >= 15 is 0 Å². The molecule has 0 fully saturated rings. The molecule has 0 aliphatic carbocycles. The first-order chi connectivity index (χ1) is 9.17. The quantitative estimate of drug-likeness (QED) is 0.836. The average Bonchev–Trinajstić information content (AvgIpc) is 2.76. The fourth-order valence-corrected chi connectivity index (χ4v) is 2.39. The highest BCUT2D eigenvalue weighted by Gasteiger charge is 2.13. The molecule has 19 heavy (non-hydrogen) atoms. The number of imidazole rings is 1. The van der Waals surface area contributed by atoms with Gasteiger partial charge in [0.15, 0.2) is 0 Å². The lowest BCUT2D eigenvalue weighted by atomic mass is 10.2. The molecule has 0 atom stereocenters. The van der Waals surface area contributed by atoms with E-state index in [2.05, 4.69) is 24.5 Å². The van der Waals surface area contributed by atoms with Crippen LogP contribution in [0.15, 0.2) is 18.2 Å². The van der Waals surface area contributed by atoms with E-state index in [4.69, 9.17) is 16.0 Å². The normalized spacial score (nSPS) is 11.1. The molecule has 0 aliphatic rings. The van der Waals surface area contributed by atoms with Gasteiger partial charge in [0.05, 0.1) is 22.7 Å². The van der Waals surface area contributed by atoms with Crippen LogP contribution in [0.25, 0.3) is 11.0 Å². The van der Waals surface area contributed by atoms with Crippen LogP contribution in [0.3, 0.4) is 0 Å². The summed E-state index contributed by atoms with van der Waals surface area (Å²) < 4.78 is 2.23. The number of nitrogens with two attached hydrogens (primary N) is 1. The molecule has 1 aromatic heterocycles. The van der Waals surface area contributed by atoms with Crippen molar-refractivity contribution in [3.05, 3.63) is 29.6 Å². The molecule has 0 spiro atoms. The number of aryl methyl sites for hydroxylation is 1. The first-order valence-electron chi connectivity index (χ1n) is 6.78. The fourth-order valence-electron chi connectivity index (χ4n) is 2.39. The summed E-state index contributed by atoms with van der Waals surface area (Å²) in [5.41, 5.74) is 8.24. The molecule has 0 bridgehead atoms. The molecule has 4 heteroatoms. The van der Waals surface area contributed by atoms with E-state index in [0.717, 1.165) is 42.7 Å².